The number of β-amino-alcohol motifs (C(OH)–C–C–N with tert-alkyl or cyclic N) is 1. The van der Waals surface area contributed by atoms with Crippen molar-refractivity contribution in [1.82, 2.24) is 9.80 Å². The Balaban J connectivity index is 1.66. The Hall–Kier alpha value is -1.11. The highest BCUT2D eigenvalue weighted by molar-refractivity contribution is 5.30. The van der Waals surface area contributed by atoms with Crippen molar-refractivity contribution in [2.75, 3.05) is 32.7 Å². The number of rotatable bonds is 4. The predicted octanol–water partition coefficient (Wildman–Crippen LogP) is 3.08. The zero-order valence-electron chi connectivity index (χ0n) is 14.0. The summed E-state index contributed by atoms with van der Waals surface area (Å²) in [6.07, 6.45) is -0.823. The molecular weight excluding hydrogens is 317 g/mol. The molecule has 0 bridgehead atoms. The van der Waals surface area contributed by atoms with Crippen LogP contribution in [0.2, 0.25) is 0 Å². The molecule has 0 amide bonds. The molecule has 134 valence electrons. The van der Waals surface area contributed by atoms with Gasteiger partial charge in [-0.3, -0.25) is 9.80 Å². The lowest BCUT2D eigenvalue weighted by Gasteiger charge is -2.30. The molecule has 2 aliphatic rings. The molecule has 6 heteroatoms. The molecule has 2 atom stereocenters. The van der Waals surface area contributed by atoms with Crippen molar-refractivity contribution in [2.24, 2.45) is 0 Å². The maximum Gasteiger partial charge on any atom is 0.416 e. The average Bonchev–Trinajstić information content (AvgIpc) is 3.17. The molecule has 3 rings (SSSR count). The summed E-state index contributed by atoms with van der Waals surface area (Å²) in [6, 6.07) is 5.56. The van der Waals surface area contributed by atoms with Crippen LogP contribution in [0.15, 0.2) is 24.3 Å². The first-order valence-electron chi connectivity index (χ1n) is 8.62. The topological polar surface area (TPSA) is 26.7 Å². The zero-order valence-corrected chi connectivity index (χ0v) is 14.0. The van der Waals surface area contributed by atoms with Gasteiger partial charge in [0.15, 0.2) is 0 Å². The first kappa shape index (κ1) is 17.7. The fourth-order valence-corrected chi connectivity index (χ4v) is 3.92. The summed E-state index contributed by atoms with van der Waals surface area (Å²) in [7, 11) is 0. The molecule has 2 fully saturated rings. The molecule has 2 saturated heterocycles. The number of aliphatic hydroxyl groups is 1. The van der Waals surface area contributed by atoms with Crippen LogP contribution in [0.1, 0.15) is 37.3 Å². The van der Waals surface area contributed by atoms with E-state index >= 15 is 0 Å². The third-order valence-electron chi connectivity index (χ3n) is 5.25. The van der Waals surface area contributed by atoms with Crippen LogP contribution in [0.3, 0.4) is 0 Å². The van der Waals surface area contributed by atoms with Gasteiger partial charge in [-0.25, -0.2) is 0 Å². The Bertz CT molecular complexity index is 568. The van der Waals surface area contributed by atoms with Gasteiger partial charge >= 0.3 is 6.18 Å². The number of alkyl halides is 3. The van der Waals surface area contributed by atoms with Gasteiger partial charge in [-0.1, -0.05) is 12.1 Å². The molecule has 2 aliphatic heterocycles. The van der Waals surface area contributed by atoms with E-state index in [4.69, 9.17) is 0 Å². The molecule has 0 spiro atoms. The van der Waals surface area contributed by atoms with Crippen LogP contribution in [-0.4, -0.2) is 53.7 Å². The summed E-state index contributed by atoms with van der Waals surface area (Å²) < 4.78 is 38.7. The molecule has 0 saturated carbocycles. The third-order valence-corrected chi connectivity index (χ3v) is 5.25. The standard InChI is InChI=1S/C18H25F3N2O/c1-17(24,14-5-4-6-15(11-14)18(19,20)21)13-22-10-7-16(12-22)23-8-2-3-9-23/h4-6,11,16,24H,2-3,7-10,12-13H2,1H3/t16-,17-/m0/s1. The maximum absolute atomic E-state index is 12.9. The van der Waals surface area contributed by atoms with E-state index in [-0.39, 0.29) is 0 Å². The van der Waals surface area contributed by atoms with Crippen LogP contribution in [0.25, 0.3) is 0 Å². The molecule has 2 heterocycles. The molecule has 0 unspecified atom stereocenters. The SMILES string of the molecule is C[C@](O)(CN1CC[C@H](N2CCCC2)C1)c1cccc(C(F)(F)F)c1. The van der Waals surface area contributed by atoms with Crippen molar-refractivity contribution < 1.29 is 18.3 Å². The minimum absolute atomic E-state index is 0.321. The van der Waals surface area contributed by atoms with Gasteiger partial charge in [0.2, 0.25) is 0 Å². The minimum atomic E-state index is -4.39. The number of halogens is 3. The number of hydrogen-bond donors (Lipinski definition) is 1. The molecule has 24 heavy (non-hydrogen) atoms. The van der Waals surface area contributed by atoms with Crippen LogP contribution >= 0.6 is 0 Å². The molecule has 1 N–H and O–H groups in total. The molecule has 0 aliphatic carbocycles. The van der Waals surface area contributed by atoms with Gasteiger partial charge in [0.1, 0.15) is 0 Å². The van der Waals surface area contributed by atoms with Crippen LogP contribution in [-0.2, 0) is 11.8 Å². The first-order valence-corrected chi connectivity index (χ1v) is 8.62. The Morgan fingerprint density at radius 1 is 1.12 bits per heavy atom. The molecule has 0 aromatic heterocycles. The van der Waals surface area contributed by atoms with Crippen molar-refractivity contribution >= 4 is 0 Å². The van der Waals surface area contributed by atoms with E-state index in [9.17, 15) is 18.3 Å². The van der Waals surface area contributed by atoms with Gasteiger partial charge in [0.25, 0.3) is 0 Å². The second kappa shape index (κ2) is 6.65. The van der Waals surface area contributed by atoms with E-state index in [2.05, 4.69) is 9.80 Å². The number of benzene rings is 1. The third kappa shape index (κ3) is 3.92. The van der Waals surface area contributed by atoms with Crippen molar-refractivity contribution in [1.29, 1.82) is 0 Å². The van der Waals surface area contributed by atoms with Gasteiger partial charge in [0, 0.05) is 19.1 Å². The second-order valence-electron chi connectivity index (χ2n) is 7.27. The Labute approximate surface area is 141 Å². The van der Waals surface area contributed by atoms with E-state index < -0.39 is 17.3 Å². The van der Waals surface area contributed by atoms with Crippen LogP contribution in [0.4, 0.5) is 13.2 Å². The number of likely N-dealkylation sites (tertiary alicyclic amines) is 2. The number of nitrogens with zero attached hydrogens (tertiary/aromatic N) is 2. The second-order valence-corrected chi connectivity index (χ2v) is 7.27. The lowest BCUT2D eigenvalue weighted by atomic mass is 9.93. The molecule has 1 aromatic rings. The van der Waals surface area contributed by atoms with Crippen LogP contribution in [0.5, 0.6) is 0 Å². The van der Waals surface area contributed by atoms with Gasteiger partial charge in [-0.2, -0.15) is 13.2 Å². The van der Waals surface area contributed by atoms with E-state index in [1.165, 1.54) is 18.9 Å². The van der Waals surface area contributed by atoms with E-state index in [1.54, 1.807) is 13.0 Å². The van der Waals surface area contributed by atoms with E-state index in [1.807, 2.05) is 0 Å². The summed E-state index contributed by atoms with van der Waals surface area (Å²) in [5, 5.41) is 10.8. The smallest absolute Gasteiger partial charge is 0.384 e. The molecule has 1 aromatic carbocycles. The summed E-state index contributed by atoms with van der Waals surface area (Å²) in [5.41, 5.74) is -1.68. The van der Waals surface area contributed by atoms with Crippen LogP contribution in [0, 0.1) is 0 Å². The fraction of sp³-hybridized carbons (Fsp3) is 0.667. The normalized spacial score (nSPS) is 26.0. The molecule has 0 radical (unpaired) electrons. The first-order chi connectivity index (χ1) is 11.3. The zero-order chi connectivity index (χ0) is 17.4. The van der Waals surface area contributed by atoms with Crippen molar-refractivity contribution in [2.45, 2.75) is 44.0 Å². The van der Waals surface area contributed by atoms with E-state index in [0.717, 1.165) is 44.7 Å². The lowest BCUT2D eigenvalue weighted by Crippen LogP contribution is -2.40. The number of hydrogen-bond acceptors (Lipinski definition) is 3. The van der Waals surface area contributed by atoms with Gasteiger partial charge < -0.3 is 5.11 Å². The molecule has 3 nitrogen and oxygen atoms in total. The van der Waals surface area contributed by atoms with Crippen molar-refractivity contribution in [3.63, 3.8) is 0 Å². The summed E-state index contributed by atoms with van der Waals surface area (Å²) in [4.78, 5) is 4.67. The largest absolute Gasteiger partial charge is 0.416 e. The monoisotopic (exact) mass is 342 g/mol. The lowest BCUT2D eigenvalue weighted by molar-refractivity contribution is -0.137. The van der Waals surface area contributed by atoms with E-state index in [0.29, 0.717) is 18.2 Å². The van der Waals surface area contributed by atoms with Crippen molar-refractivity contribution in [3.05, 3.63) is 35.4 Å². The summed E-state index contributed by atoms with van der Waals surface area (Å²) in [5.74, 6) is 0. The summed E-state index contributed by atoms with van der Waals surface area (Å²) >= 11 is 0. The Morgan fingerprint density at radius 3 is 2.46 bits per heavy atom. The quantitative estimate of drug-likeness (QED) is 0.911. The van der Waals surface area contributed by atoms with Crippen LogP contribution < -0.4 is 0 Å². The maximum atomic E-state index is 12.9. The van der Waals surface area contributed by atoms with Gasteiger partial charge in [-0.05, 0) is 63.5 Å². The Kier molecular flexibility index (Phi) is 4.91. The average molecular weight is 342 g/mol. The highest BCUT2D eigenvalue weighted by Crippen LogP contribution is 2.33. The highest BCUT2D eigenvalue weighted by atomic mass is 19.4. The Morgan fingerprint density at radius 2 is 1.79 bits per heavy atom. The highest BCUT2D eigenvalue weighted by Gasteiger charge is 2.36. The van der Waals surface area contributed by atoms with Crippen molar-refractivity contribution in [3.8, 4) is 0 Å². The van der Waals surface area contributed by atoms with Gasteiger partial charge in [-0.15, -0.1) is 0 Å². The predicted molar refractivity (Wildman–Crippen MR) is 86.7 cm³/mol. The van der Waals surface area contributed by atoms with Gasteiger partial charge in [0.05, 0.1) is 11.2 Å². The fourth-order valence-electron chi connectivity index (χ4n) is 3.92. The summed E-state index contributed by atoms with van der Waals surface area (Å²) in [6.45, 7) is 6.01. The minimum Gasteiger partial charge on any atom is -0.384 e. The molecular formula is C18H25F3N2O.